The minimum atomic E-state index is -0.477. The molecule has 3 N–H and O–H groups in total. The Morgan fingerprint density at radius 2 is 1.67 bits per heavy atom. The van der Waals surface area contributed by atoms with Crippen molar-refractivity contribution in [2.24, 2.45) is 5.73 Å². The van der Waals surface area contributed by atoms with Gasteiger partial charge in [0, 0.05) is 36.4 Å². The Hall–Kier alpha value is -2.82. The molecule has 0 saturated heterocycles. The molecule has 0 aliphatic rings. The third-order valence-corrected chi connectivity index (χ3v) is 3.92. The van der Waals surface area contributed by atoms with Crippen LogP contribution in [-0.4, -0.2) is 24.9 Å². The topological polar surface area (TPSA) is 75.4 Å². The quantitative estimate of drug-likeness (QED) is 0.821. The molecule has 0 bridgehead atoms. The molecule has 0 radical (unpaired) electrons. The zero-order valence-corrected chi connectivity index (χ0v) is 14.1. The Bertz CT molecular complexity index is 707. The highest BCUT2D eigenvalue weighted by Gasteiger charge is 2.08. The SMILES string of the molecule is CCN(CC)c1ccc(C(=O)NCc2cccc(C(N)=O)c2)cc1. The lowest BCUT2D eigenvalue weighted by molar-refractivity contribution is 0.0950. The normalized spacial score (nSPS) is 10.2. The van der Waals surface area contributed by atoms with Crippen molar-refractivity contribution in [1.29, 1.82) is 0 Å². The molecule has 126 valence electrons. The summed E-state index contributed by atoms with van der Waals surface area (Å²) in [6.07, 6.45) is 0. The van der Waals surface area contributed by atoms with Crippen molar-refractivity contribution in [2.75, 3.05) is 18.0 Å². The average molecular weight is 325 g/mol. The van der Waals surface area contributed by atoms with E-state index in [2.05, 4.69) is 24.1 Å². The first-order chi connectivity index (χ1) is 11.5. The highest BCUT2D eigenvalue weighted by molar-refractivity contribution is 5.95. The van der Waals surface area contributed by atoms with E-state index in [1.54, 1.807) is 18.2 Å². The van der Waals surface area contributed by atoms with Crippen LogP contribution >= 0.6 is 0 Å². The van der Waals surface area contributed by atoms with Crippen LogP contribution in [0.3, 0.4) is 0 Å². The highest BCUT2D eigenvalue weighted by atomic mass is 16.2. The van der Waals surface area contributed by atoms with E-state index in [9.17, 15) is 9.59 Å². The molecule has 0 aromatic heterocycles. The summed E-state index contributed by atoms with van der Waals surface area (Å²) in [7, 11) is 0. The van der Waals surface area contributed by atoms with Crippen LogP contribution in [0, 0.1) is 0 Å². The van der Waals surface area contributed by atoms with E-state index in [0.717, 1.165) is 24.3 Å². The molecule has 2 aromatic rings. The molecule has 0 saturated carbocycles. The molecule has 0 heterocycles. The molecule has 2 aromatic carbocycles. The maximum atomic E-state index is 12.2. The Morgan fingerprint density at radius 3 is 2.25 bits per heavy atom. The van der Waals surface area contributed by atoms with Crippen molar-refractivity contribution in [3.8, 4) is 0 Å². The van der Waals surface area contributed by atoms with Crippen LogP contribution in [0.4, 0.5) is 5.69 Å². The van der Waals surface area contributed by atoms with E-state index < -0.39 is 5.91 Å². The van der Waals surface area contributed by atoms with Crippen molar-refractivity contribution in [1.82, 2.24) is 5.32 Å². The van der Waals surface area contributed by atoms with E-state index in [1.165, 1.54) is 0 Å². The Labute approximate surface area is 142 Å². The number of rotatable bonds is 7. The molecular weight excluding hydrogens is 302 g/mol. The lowest BCUT2D eigenvalue weighted by atomic mass is 10.1. The number of amides is 2. The minimum absolute atomic E-state index is 0.148. The lowest BCUT2D eigenvalue weighted by Crippen LogP contribution is -2.24. The molecule has 0 unspecified atom stereocenters. The number of hydrogen-bond acceptors (Lipinski definition) is 3. The van der Waals surface area contributed by atoms with Gasteiger partial charge >= 0.3 is 0 Å². The van der Waals surface area contributed by atoms with Gasteiger partial charge in [-0.2, -0.15) is 0 Å². The number of carbonyl (C=O) groups excluding carboxylic acids is 2. The van der Waals surface area contributed by atoms with Crippen LogP contribution in [0.1, 0.15) is 40.1 Å². The molecule has 0 fully saturated rings. The molecule has 24 heavy (non-hydrogen) atoms. The second-order valence-electron chi connectivity index (χ2n) is 5.47. The Kier molecular flexibility index (Phi) is 5.95. The van der Waals surface area contributed by atoms with Gasteiger partial charge in [-0.05, 0) is 55.8 Å². The van der Waals surface area contributed by atoms with E-state index in [4.69, 9.17) is 5.73 Å². The van der Waals surface area contributed by atoms with E-state index in [0.29, 0.717) is 17.7 Å². The predicted molar refractivity (Wildman–Crippen MR) is 96.1 cm³/mol. The zero-order valence-electron chi connectivity index (χ0n) is 14.1. The summed E-state index contributed by atoms with van der Waals surface area (Å²) in [5.41, 5.74) is 8.24. The second-order valence-corrected chi connectivity index (χ2v) is 5.47. The first-order valence-corrected chi connectivity index (χ1v) is 8.07. The smallest absolute Gasteiger partial charge is 0.251 e. The number of primary amides is 1. The molecule has 2 rings (SSSR count). The largest absolute Gasteiger partial charge is 0.372 e. The molecular formula is C19H23N3O2. The van der Waals surface area contributed by atoms with Crippen molar-refractivity contribution in [3.05, 3.63) is 65.2 Å². The fourth-order valence-electron chi connectivity index (χ4n) is 2.53. The molecule has 0 spiro atoms. The van der Waals surface area contributed by atoms with Gasteiger partial charge in [-0.3, -0.25) is 9.59 Å². The van der Waals surface area contributed by atoms with Gasteiger partial charge in [-0.25, -0.2) is 0 Å². The van der Waals surface area contributed by atoms with Crippen molar-refractivity contribution >= 4 is 17.5 Å². The average Bonchev–Trinajstić information content (AvgIpc) is 2.61. The van der Waals surface area contributed by atoms with Crippen LogP contribution in [0.15, 0.2) is 48.5 Å². The summed E-state index contributed by atoms with van der Waals surface area (Å²) >= 11 is 0. The molecule has 5 heteroatoms. The number of nitrogens with two attached hydrogens (primary N) is 1. The van der Waals surface area contributed by atoms with E-state index in [-0.39, 0.29) is 5.91 Å². The molecule has 0 atom stereocenters. The highest BCUT2D eigenvalue weighted by Crippen LogP contribution is 2.15. The maximum absolute atomic E-state index is 12.2. The van der Waals surface area contributed by atoms with Gasteiger partial charge in [0.15, 0.2) is 0 Å². The number of nitrogens with one attached hydrogen (secondary N) is 1. The van der Waals surface area contributed by atoms with Crippen LogP contribution in [-0.2, 0) is 6.54 Å². The van der Waals surface area contributed by atoms with Gasteiger partial charge in [0.25, 0.3) is 5.91 Å². The summed E-state index contributed by atoms with van der Waals surface area (Å²) in [5.74, 6) is -0.624. The summed E-state index contributed by atoms with van der Waals surface area (Å²) in [5, 5.41) is 2.85. The van der Waals surface area contributed by atoms with Crippen LogP contribution in [0.5, 0.6) is 0 Å². The number of benzene rings is 2. The standard InChI is InChI=1S/C19H23N3O2/c1-3-22(4-2)17-10-8-15(9-11-17)19(24)21-13-14-6-5-7-16(12-14)18(20)23/h5-12H,3-4,13H2,1-2H3,(H2,20,23)(H,21,24). The van der Waals surface area contributed by atoms with Gasteiger partial charge < -0.3 is 16.0 Å². The van der Waals surface area contributed by atoms with Gasteiger partial charge in [0.1, 0.15) is 0 Å². The molecule has 0 aliphatic heterocycles. The third-order valence-electron chi connectivity index (χ3n) is 3.92. The summed E-state index contributed by atoms with van der Waals surface area (Å²) in [6, 6.07) is 14.5. The summed E-state index contributed by atoms with van der Waals surface area (Å²) < 4.78 is 0. The van der Waals surface area contributed by atoms with Gasteiger partial charge in [-0.15, -0.1) is 0 Å². The van der Waals surface area contributed by atoms with Crippen molar-refractivity contribution in [2.45, 2.75) is 20.4 Å². The number of hydrogen-bond donors (Lipinski definition) is 2. The molecule has 5 nitrogen and oxygen atoms in total. The lowest BCUT2D eigenvalue weighted by Gasteiger charge is -2.21. The van der Waals surface area contributed by atoms with Gasteiger partial charge in [0.05, 0.1) is 0 Å². The fraction of sp³-hybridized carbons (Fsp3) is 0.263. The maximum Gasteiger partial charge on any atom is 0.251 e. The van der Waals surface area contributed by atoms with Crippen molar-refractivity contribution < 1.29 is 9.59 Å². The van der Waals surface area contributed by atoms with Crippen LogP contribution < -0.4 is 16.0 Å². The molecule has 0 aliphatic carbocycles. The van der Waals surface area contributed by atoms with E-state index in [1.807, 2.05) is 30.3 Å². The molecule has 2 amide bonds. The second kappa shape index (κ2) is 8.15. The monoisotopic (exact) mass is 325 g/mol. The Balaban J connectivity index is 2.00. The summed E-state index contributed by atoms with van der Waals surface area (Å²) in [4.78, 5) is 25.6. The predicted octanol–water partition coefficient (Wildman–Crippen LogP) is 2.56. The van der Waals surface area contributed by atoms with E-state index >= 15 is 0 Å². The number of carbonyl (C=O) groups is 2. The van der Waals surface area contributed by atoms with Crippen molar-refractivity contribution in [3.63, 3.8) is 0 Å². The fourth-order valence-corrected chi connectivity index (χ4v) is 2.53. The zero-order chi connectivity index (χ0) is 17.5. The third kappa shape index (κ3) is 4.35. The Morgan fingerprint density at radius 1 is 1.00 bits per heavy atom. The first-order valence-electron chi connectivity index (χ1n) is 8.07. The van der Waals surface area contributed by atoms with Crippen LogP contribution in [0.25, 0.3) is 0 Å². The first kappa shape index (κ1) is 17.5. The van der Waals surface area contributed by atoms with Crippen LogP contribution in [0.2, 0.25) is 0 Å². The van der Waals surface area contributed by atoms with Gasteiger partial charge in [-0.1, -0.05) is 12.1 Å². The summed E-state index contributed by atoms with van der Waals surface area (Å²) in [6.45, 7) is 6.41. The number of anilines is 1. The number of nitrogens with zero attached hydrogens (tertiary/aromatic N) is 1. The minimum Gasteiger partial charge on any atom is -0.372 e. The van der Waals surface area contributed by atoms with Gasteiger partial charge in [0.2, 0.25) is 5.91 Å².